The predicted octanol–water partition coefficient (Wildman–Crippen LogP) is 3.51. The molecular formula is C23H18N6O12. The minimum absolute atomic E-state index is 0.153. The summed E-state index contributed by atoms with van der Waals surface area (Å²) in [6.07, 6.45) is 0. The molecule has 0 saturated heterocycles. The summed E-state index contributed by atoms with van der Waals surface area (Å²) in [7, 11) is 0. The number of benzene rings is 3. The molecule has 3 aromatic carbocycles. The number of rotatable bonds is 10. The summed E-state index contributed by atoms with van der Waals surface area (Å²) >= 11 is 0. The second-order valence-corrected chi connectivity index (χ2v) is 8.17. The number of hydrogen-bond donors (Lipinski definition) is 2. The second kappa shape index (κ2) is 11.7. The van der Waals surface area contributed by atoms with E-state index in [2.05, 4.69) is 0 Å². The normalized spacial score (nSPS) is 10.5. The molecule has 4 N–H and O–H groups in total. The number of nitro benzene ring substituents is 4. The molecular weight excluding hydrogens is 552 g/mol. The summed E-state index contributed by atoms with van der Waals surface area (Å²) in [6, 6.07) is 7.06. The number of carbonyl (C=O) groups is 2. The first-order chi connectivity index (χ1) is 19.3. The topological polar surface area (TPSA) is 277 Å². The van der Waals surface area contributed by atoms with Crippen molar-refractivity contribution >= 4 is 46.1 Å². The van der Waals surface area contributed by atoms with E-state index in [1.54, 1.807) is 0 Å². The Morgan fingerprint density at radius 1 is 0.683 bits per heavy atom. The first-order valence-electron chi connectivity index (χ1n) is 11.1. The van der Waals surface area contributed by atoms with Crippen LogP contribution in [0, 0.1) is 47.4 Å². The molecule has 0 fully saturated rings. The molecule has 0 aromatic heterocycles. The third kappa shape index (κ3) is 5.95. The van der Waals surface area contributed by atoms with E-state index in [1.165, 1.54) is 6.92 Å². The minimum Gasteiger partial charge on any atom is -0.457 e. The fourth-order valence-electron chi connectivity index (χ4n) is 3.77. The van der Waals surface area contributed by atoms with Crippen molar-refractivity contribution in [2.45, 2.75) is 20.1 Å². The number of esters is 2. The van der Waals surface area contributed by atoms with Crippen LogP contribution in [-0.2, 0) is 22.7 Å². The lowest BCUT2D eigenvalue weighted by Gasteiger charge is -2.15. The monoisotopic (exact) mass is 570 g/mol. The standard InChI is InChI=1S/C23H18N6O12/c1-11-8-12(22(30)40-9-13-15(26(32)33)4-2-5-16(13)27(34)35)19(21(25)20(11)24)23(31)41-10-14-17(28(36)37)6-3-7-18(14)29(38)39/h2-8H,9-10,24-25H2,1H3. The van der Waals surface area contributed by atoms with Gasteiger partial charge in [-0.25, -0.2) is 9.59 Å². The van der Waals surface area contributed by atoms with Crippen LogP contribution < -0.4 is 11.5 Å². The smallest absolute Gasteiger partial charge is 0.341 e. The van der Waals surface area contributed by atoms with Gasteiger partial charge in [0.15, 0.2) is 0 Å². The van der Waals surface area contributed by atoms with Crippen LogP contribution in [0.5, 0.6) is 0 Å². The van der Waals surface area contributed by atoms with Gasteiger partial charge >= 0.3 is 11.9 Å². The Hall–Kier alpha value is -6.20. The fourth-order valence-corrected chi connectivity index (χ4v) is 3.77. The van der Waals surface area contributed by atoms with E-state index >= 15 is 0 Å². The molecule has 18 heteroatoms. The minimum atomic E-state index is -1.37. The number of hydrogen-bond acceptors (Lipinski definition) is 14. The van der Waals surface area contributed by atoms with Gasteiger partial charge in [-0.3, -0.25) is 40.5 Å². The van der Waals surface area contributed by atoms with Gasteiger partial charge in [-0.15, -0.1) is 0 Å². The second-order valence-electron chi connectivity index (χ2n) is 8.17. The van der Waals surface area contributed by atoms with Crippen LogP contribution in [0.15, 0.2) is 42.5 Å². The summed E-state index contributed by atoms with van der Waals surface area (Å²) in [6.45, 7) is -0.510. The number of carbonyl (C=O) groups excluding carboxylic acids is 2. The van der Waals surface area contributed by atoms with Crippen molar-refractivity contribution < 1.29 is 38.8 Å². The van der Waals surface area contributed by atoms with E-state index in [0.29, 0.717) is 0 Å². The molecule has 0 heterocycles. The average molecular weight is 570 g/mol. The van der Waals surface area contributed by atoms with Gasteiger partial charge in [0.1, 0.15) is 24.3 Å². The lowest BCUT2D eigenvalue weighted by molar-refractivity contribution is -0.396. The first-order valence-corrected chi connectivity index (χ1v) is 11.1. The molecule has 41 heavy (non-hydrogen) atoms. The first kappa shape index (κ1) is 29.4. The molecule has 212 valence electrons. The summed E-state index contributed by atoms with van der Waals surface area (Å²) in [5.41, 5.74) is 6.26. The number of nitrogens with zero attached hydrogens (tertiary/aromatic N) is 4. The number of aryl methyl sites for hydroxylation is 1. The third-order valence-corrected chi connectivity index (χ3v) is 5.77. The van der Waals surface area contributed by atoms with Gasteiger partial charge in [-0.05, 0) is 30.7 Å². The Bertz CT molecular complexity index is 1570. The zero-order valence-electron chi connectivity index (χ0n) is 20.8. The summed E-state index contributed by atoms with van der Waals surface area (Å²) < 4.78 is 10.1. The molecule has 18 nitrogen and oxygen atoms in total. The zero-order chi connectivity index (χ0) is 30.6. The molecule has 0 radical (unpaired) electrons. The maximum Gasteiger partial charge on any atom is 0.341 e. The van der Waals surface area contributed by atoms with Crippen molar-refractivity contribution in [1.82, 2.24) is 0 Å². The van der Waals surface area contributed by atoms with Crippen LogP contribution in [0.3, 0.4) is 0 Å². The van der Waals surface area contributed by atoms with E-state index in [4.69, 9.17) is 20.9 Å². The molecule has 0 atom stereocenters. The molecule has 0 unspecified atom stereocenters. The highest BCUT2D eigenvalue weighted by molar-refractivity contribution is 6.09. The lowest BCUT2D eigenvalue weighted by atomic mass is 10.00. The van der Waals surface area contributed by atoms with Gasteiger partial charge in [0.25, 0.3) is 22.7 Å². The molecule has 0 aliphatic carbocycles. The number of nitro groups is 4. The number of nitrogens with two attached hydrogens (primary N) is 2. The van der Waals surface area contributed by atoms with Crippen LogP contribution in [-0.4, -0.2) is 31.6 Å². The van der Waals surface area contributed by atoms with E-state index < -0.39 is 95.5 Å². The van der Waals surface area contributed by atoms with Crippen molar-refractivity contribution in [3.05, 3.63) is 111 Å². The predicted molar refractivity (Wildman–Crippen MR) is 138 cm³/mol. The molecule has 0 saturated carbocycles. The molecule has 0 spiro atoms. The summed E-state index contributed by atoms with van der Waals surface area (Å²) in [5.74, 6) is -2.68. The number of ether oxygens (including phenoxy) is 2. The third-order valence-electron chi connectivity index (χ3n) is 5.77. The van der Waals surface area contributed by atoms with Crippen LogP contribution in [0.4, 0.5) is 34.1 Å². The highest BCUT2D eigenvalue weighted by atomic mass is 16.6. The Morgan fingerprint density at radius 3 is 1.41 bits per heavy atom. The van der Waals surface area contributed by atoms with Gasteiger partial charge < -0.3 is 20.9 Å². The highest BCUT2D eigenvalue weighted by Crippen LogP contribution is 2.33. The van der Waals surface area contributed by atoms with E-state index in [9.17, 15) is 50.0 Å². The van der Waals surface area contributed by atoms with Crippen molar-refractivity contribution in [2.24, 2.45) is 0 Å². The summed E-state index contributed by atoms with van der Waals surface area (Å²) in [4.78, 5) is 67.9. The molecule has 3 rings (SSSR count). The lowest BCUT2D eigenvalue weighted by Crippen LogP contribution is -2.19. The van der Waals surface area contributed by atoms with E-state index in [1.807, 2.05) is 0 Å². The SMILES string of the molecule is Cc1cc(C(=O)OCc2c([N+](=O)[O-])cccc2[N+](=O)[O-])c(C(=O)OCc2c([N+](=O)[O-])cccc2[N+](=O)[O-])c(N)c1N. The van der Waals surface area contributed by atoms with Crippen molar-refractivity contribution in [2.75, 3.05) is 11.5 Å². The van der Waals surface area contributed by atoms with Crippen LogP contribution in [0.1, 0.15) is 37.4 Å². The van der Waals surface area contributed by atoms with E-state index in [0.717, 1.165) is 42.5 Å². The van der Waals surface area contributed by atoms with E-state index in [-0.39, 0.29) is 11.3 Å². The average Bonchev–Trinajstić information content (AvgIpc) is 2.92. The molecule has 0 amide bonds. The Kier molecular flexibility index (Phi) is 8.36. The van der Waals surface area contributed by atoms with Crippen LogP contribution in [0.25, 0.3) is 0 Å². The van der Waals surface area contributed by atoms with Gasteiger partial charge in [0, 0.05) is 24.3 Å². The molecule has 0 aliphatic heterocycles. The van der Waals surface area contributed by atoms with Crippen LogP contribution >= 0.6 is 0 Å². The molecule has 0 aliphatic rings. The Morgan fingerprint density at radius 2 is 1.05 bits per heavy atom. The fraction of sp³-hybridized carbons (Fsp3) is 0.130. The van der Waals surface area contributed by atoms with Crippen molar-refractivity contribution in [1.29, 1.82) is 0 Å². The van der Waals surface area contributed by atoms with Crippen molar-refractivity contribution in [3.8, 4) is 0 Å². The quantitative estimate of drug-likeness (QED) is 0.153. The Balaban J connectivity index is 1.99. The highest BCUT2D eigenvalue weighted by Gasteiger charge is 2.31. The van der Waals surface area contributed by atoms with Gasteiger partial charge in [0.2, 0.25) is 0 Å². The maximum absolute atomic E-state index is 13.1. The number of anilines is 2. The van der Waals surface area contributed by atoms with Gasteiger partial charge in [-0.2, -0.15) is 0 Å². The Labute approximate surface area is 227 Å². The maximum atomic E-state index is 13.1. The number of nitrogen functional groups attached to an aromatic ring is 2. The van der Waals surface area contributed by atoms with Crippen molar-refractivity contribution in [3.63, 3.8) is 0 Å². The van der Waals surface area contributed by atoms with Crippen LogP contribution in [0.2, 0.25) is 0 Å². The molecule has 3 aromatic rings. The largest absolute Gasteiger partial charge is 0.457 e. The molecule has 0 bridgehead atoms. The van der Waals surface area contributed by atoms with Gasteiger partial charge in [-0.1, -0.05) is 0 Å². The summed E-state index contributed by atoms with van der Waals surface area (Å²) in [5, 5.41) is 45.5. The van der Waals surface area contributed by atoms with Gasteiger partial charge in [0.05, 0.1) is 42.2 Å². The zero-order valence-corrected chi connectivity index (χ0v) is 20.8.